The van der Waals surface area contributed by atoms with Crippen molar-refractivity contribution in [2.45, 2.75) is 39.7 Å². The number of methoxy groups -OCH3 is 1. The van der Waals surface area contributed by atoms with Gasteiger partial charge in [0.1, 0.15) is 5.75 Å². The van der Waals surface area contributed by atoms with Crippen molar-refractivity contribution >= 4 is 16.6 Å². The van der Waals surface area contributed by atoms with Crippen LogP contribution in [-0.2, 0) is 0 Å². The third kappa shape index (κ3) is 4.58. The minimum atomic E-state index is -0.101. The van der Waals surface area contributed by atoms with E-state index in [2.05, 4.69) is 17.2 Å². The molecule has 0 bridgehead atoms. The Balaban J connectivity index is 2.03. The van der Waals surface area contributed by atoms with Gasteiger partial charge in [-0.05, 0) is 45.7 Å². The van der Waals surface area contributed by atoms with E-state index in [1.807, 2.05) is 38.1 Å². The quantitative estimate of drug-likeness (QED) is 0.553. The van der Waals surface area contributed by atoms with Crippen LogP contribution in [0.2, 0.25) is 0 Å². The Morgan fingerprint density at radius 1 is 1.29 bits per heavy atom. The van der Waals surface area contributed by atoms with Gasteiger partial charge in [-0.1, -0.05) is 6.07 Å². The lowest BCUT2D eigenvalue weighted by molar-refractivity contribution is -0.877. The summed E-state index contributed by atoms with van der Waals surface area (Å²) in [6.45, 7) is 8.03. The number of pyridine rings is 1. The molecule has 24 heavy (non-hydrogen) atoms. The molecule has 0 aliphatic carbocycles. The standard InChI is InChI=1S/C19H29N3O2/c1-5-22(23,6-2)12-8-9-15(3)21-18-14-17(24-4)13-16-10-7-11-20-19(16)18/h7,10-11,13-15,21H,5-6,8-9,12H2,1-4H3. The van der Waals surface area contributed by atoms with Crippen LogP contribution in [-0.4, -0.2) is 42.4 Å². The van der Waals surface area contributed by atoms with E-state index in [4.69, 9.17) is 4.74 Å². The Labute approximate surface area is 144 Å². The SMILES string of the molecule is CC[N+]([O-])(CC)CCCC(C)Nc1cc(OC)cc2cccnc12. The molecule has 5 heteroatoms. The molecule has 0 aliphatic heterocycles. The summed E-state index contributed by atoms with van der Waals surface area (Å²) >= 11 is 0. The smallest absolute Gasteiger partial charge is 0.121 e. The lowest BCUT2D eigenvalue weighted by Crippen LogP contribution is -2.42. The van der Waals surface area contributed by atoms with Crippen LogP contribution in [0.3, 0.4) is 0 Å². The number of hydrogen-bond acceptors (Lipinski definition) is 4. The molecule has 2 aromatic rings. The van der Waals surface area contributed by atoms with E-state index in [1.54, 1.807) is 13.3 Å². The fourth-order valence-corrected chi connectivity index (χ4v) is 2.96. The van der Waals surface area contributed by atoms with Crippen molar-refractivity contribution in [2.24, 2.45) is 0 Å². The van der Waals surface area contributed by atoms with E-state index >= 15 is 0 Å². The molecule has 132 valence electrons. The molecule has 0 spiro atoms. The lowest BCUT2D eigenvalue weighted by Gasteiger charge is -2.41. The second-order valence-electron chi connectivity index (χ2n) is 6.35. The number of rotatable bonds is 9. The monoisotopic (exact) mass is 331 g/mol. The number of fused-ring (bicyclic) bond motifs is 1. The summed E-state index contributed by atoms with van der Waals surface area (Å²) in [5, 5.41) is 16.9. The van der Waals surface area contributed by atoms with Gasteiger partial charge in [-0.2, -0.15) is 0 Å². The predicted octanol–water partition coefficient (Wildman–Crippen LogP) is 4.18. The van der Waals surface area contributed by atoms with Gasteiger partial charge in [-0.25, -0.2) is 0 Å². The number of benzene rings is 1. The van der Waals surface area contributed by atoms with Crippen LogP contribution >= 0.6 is 0 Å². The largest absolute Gasteiger partial charge is 0.633 e. The van der Waals surface area contributed by atoms with E-state index in [1.165, 1.54) is 0 Å². The van der Waals surface area contributed by atoms with E-state index in [0.717, 1.165) is 35.2 Å². The molecule has 0 amide bonds. The first-order valence-corrected chi connectivity index (χ1v) is 8.77. The predicted molar refractivity (Wildman–Crippen MR) is 100 cm³/mol. The second-order valence-corrected chi connectivity index (χ2v) is 6.35. The highest BCUT2D eigenvalue weighted by molar-refractivity contribution is 5.91. The Hall–Kier alpha value is -1.85. The Kier molecular flexibility index (Phi) is 6.40. The van der Waals surface area contributed by atoms with Gasteiger partial charge in [0.05, 0.1) is 37.9 Å². The summed E-state index contributed by atoms with van der Waals surface area (Å²) in [5.74, 6) is 0.817. The molecular weight excluding hydrogens is 302 g/mol. The van der Waals surface area contributed by atoms with E-state index in [-0.39, 0.29) is 10.7 Å². The molecule has 1 aromatic heterocycles. The zero-order valence-electron chi connectivity index (χ0n) is 15.2. The summed E-state index contributed by atoms with van der Waals surface area (Å²) in [4.78, 5) is 4.48. The maximum Gasteiger partial charge on any atom is 0.121 e. The van der Waals surface area contributed by atoms with Gasteiger partial charge in [-0.15, -0.1) is 0 Å². The van der Waals surface area contributed by atoms with Crippen LogP contribution in [0, 0.1) is 5.21 Å². The molecule has 1 unspecified atom stereocenters. The maximum absolute atomic E-state index is 12.3. The van der Waals surface area contributed by atoms with E-state index in [0.29, 0.717) is 19.6 Å². The highest BCUT2D eigenvalue weighted by atomic mass is 16.5. The van der Waals surface area contributed by atoms with Gasteiger partial charge in [0.15, 0.2) is 0 Å². The van der Waals surface area contributed by atoms with Gasteiger partial charge in [0.2, 0.25) is 0 Å². The number of nitrogens with one attached hydrogen (secondary N) is 1. The van der Waals surface area contributed by atoms with Crippen molar-refractivity contribution in [2.75, 3.05) is 32.1 Å². The first-order valence-electron chi connectivity index (χ1n) is 8.77. The number of aromatic nitrogens is 1. The first kappa shape index (κ1) is 18.5. The highest BCUT2D eigenvalue weighted by Gasteiger charge is 2.13. The number of anilines is 1. The molecule has 5 nitrogen and oxygen atoms in total. The van der Waals surface area contributed by atoms with Crippen LogP contribution < -0.4 is 10.1 Å². The molecule has 0 fully saturated rings. The third-order valence-electron chi connectivity index (χ3n) is 4.67. The minimum Gasteiger partial charge on any atom is -0.633 e. The lowest BCUT2D eigenvalue weighted by atomic mass is 10.1. The van der Waals surface area contributed by atoms with Crippen molar-refractivity contribution in [1.82, 2.24) is 4.98 Å². The molecule has 1 N–H and O–H groups in total. The van der Waals surface area contributed by atoms with Crippen molar-refractivity contribution < 1.29 is 9.38 Å². The Bertz CT molecular complexity index is 656. The van der Waals surface area contributed by atoms with Gasteiger partial charge >= 0.3 is 0 Å². The van der Waals surface area contributed by atoms with E-state index < -0.39 is 0 Å². The zero-order chi connectivity index (χ0) is 17.6. The van der Waals surface area contributed by atoms with Crippen LogP contribution in [0.25, 0.3) is 10.9 Å². The molecule has 0 radical (unpaired) electrons. The normalized spacial score (nSPS) is 13.0. The average Bonchev–Trinajstić information content (AvgIpc) is 2.61. The Morgan fingerprint density at radius 2 is 2.04 bits per heavy atom. The molecule has 1 aromatic carbocycles. The summed E-state index contributed by atoms with van der Waals surface area (Å²) < 4.78 is 5.29. The van der Waals surface area contributed by atoms with Gasteiger partial charge in [-0.3, -0.25) is 4.98 Å². The summed E-state index contributed by atoms with van der Waals surface area (Å²) in [7, 11) is 1.67. The zero-order valence-corrected chi connectivity index (χ0v) is 15.2. The van der Waals surface area contributed by atoms with Gasteiger partial charge in [0, 0.05) is 23.7 Å². The number of hydroxylamine groups is 3. The molecule has 2 rings (SSSR count). The van der Waals surface area contributed by atoms with Crippen LogP contribution in [0.1, 0.15) is 33.6 Å². The molecule has 0 saturated heterocycles. The summed E-state index contributed by atoms with van der Waals surface area (Å²) in [6.07, 6.45) is 3.67. The highest BCUT2D eigenvalue weighted by Crippen LogP contribution is 2.28. The summed E-state index contributed by atoms with van der Waals surface area (Å²) in [5.41, 5.74) is 1.92. The minimum absolute atomic E-state index is 0.101. The maximum atomic E-state index is 12.3. The number of hydrogen-bond donors (Lipinski definition) is 1. The second kappa shape index (κ2) is 8.31. The van der Waals surface area contributed by atoms with Crippen molar-refractivity contribution in [3.63, 3.8) is 0 Å². The molecule has 1 atom stereocenters. The van der Waals surface area contributed by atoms with Crippen LogP contribution in [0.4, 0.5) is 5.69 Å². The molecular formula is C19H29N3O2. The molecule has 0 saturated carbocycles. The topological polar surface area (TPSA) is 57.2 Å². The number of ether oxygens (including phenoxy) is 1. The molecule has 1 heterocycles. The first-order chi connectivity index (χ1) is 11.5. The van der Waals surface area contributed by atoms with Crippen LogP contribution in [0.5, 0.6) is 5.75 Å². The number of nitrogens with zero attached hydrogens (tertiary/aromatic N) is 2. The van der Waals surface area contributed by atoms with Gasteiger partial charge in [0.25, 0.3) is 0 Å². The van der Waals surface area contributed by atoms with Gasteiger partial charge < -0.3 is 19.9 Å². The Morgan fingerprint density at radius 3 is 2.71 bits per heavy atom. The van der Waals surface area contributed by atoms with E-state index in [9.17, 15) is 5.21 Å². The third-order valence-corrected chi connectivity index (χ3v) is 4.67. The van der Waals surface area contributed by atoms with Crippen molar-refractivity contribution in [3.05, 3.63) is 35.7 Å². The molecule has 0 aliphatic rings. The fraction of sp³-hybridized carbons (Fsp3) is 0.526. The fourth-order valence-electron chi connectivity index (χ4n) is 2.96. The number of quaternary nitrogens is 1. The van der Waals surface area contributed by atoms with Crippen LogP contribution in [0.15, 0.2) is 30.5 Å². The average molecular weight is 331 g/mol. The summed E-state index contributed by atoms with van der Waals surface area (Å²) in [6, 6.07) is 8.20. The van der Waals surface area contributed by atoms with Crippen molar-refractivity contribution in [1.29, 1.82) is 0 Å². The van der Waals surface area contributed by atoms with Crippen molar-refractivity contribution in [3.8, 4) is 5.75 Å².